The molecule has 1 saturated heterocycles. The summed E-state index contributed by atoms with van der Waals surface area (Å²) in [4.78, 5) is 14.9. The normalized spacial score (nSPS) is 16.2. The lowest BCUT2D eigenvalue weighted by atomic mass is 10.2. The van der Waals surface area contributed by atoms with Crippen LogP contribution in [0.15, 0.2) is 38.6 Å². The summed E-state index contributed by atoms with van der Waals surface area (Å²) >= 11 is 0. The van der Waals surface area contributed by atoms with E-state index in [1.807, 2.05) is 0 Å². The third-order valence-corrected chi connectivity index (χ3v) is 9.92. The van der Waals surface area contributed by atoms with Crippen LogP contribution >= 0.6 is 0 Å². The van der Waals surface area contributed by atoms with E-state index in [0.29, 0.717) is 31.7 Å². The monoisotopic (exact) mass is 498 g/mol. The number of aryl methyl sites for hydroxylation is 2. The van der Waals surface area contributed by atoms with Crippen LogP contribution in [0.2, 0.25) is 0 Å². The first kappa shape index (κ1) is 25.3. The highest BCUT2D eigenvalue weighted by Gasteiger charge is 2.33. The predicted octanol–water partition coefficient (Wildman–Crippen LogP) is 1.86. The number of sulfonamides is 2. The molecule has 1 fully saturated rings. The van der Waals surface area contributed by atoms with Gasteiger partial charge in [0.2, 0.25) is 20.0 Å². The van der Waals surface area contributed by atoms with E-state index in [9.17, 15) is 21.6 Å². The van der Waals surface area contributed by atoms with Gasteiger partial charge < -0.3 is 9.42 Å². The Kier molecular flexibility index (Phi) is 7.62. The number of hydrogen-bond donors (Lipinski definition) is 0. The smallest absolute Gasteiger partial charge is 0.253 e. The summed E-state index contributed by atoms with van der Waals surface area (Å²) < 4.78 is 59.6. The van der Waals surface area contributed by atoms with Gasteiger partial charge in [0.15, 0.2) is 5.76 Å². The van der Waals surface area contributed by atoms with Crippen LogP contribution in [0, 0.1) is 13.8 Å². The minimum Gasteiger partial charge on any atom is -0.360 e. The standard InChI is InChI=1S/C21H30N4O6S2/c1-5-24(6-2)32(27,28)19-10-7-9-18(15-19)21(26)23-11-8-12-25(14-13-23)33(29,30)20-16(3)22-31-17(20)4/h7,9-10,15H,5-6,8,11-14H2,1-4H3. The van der Waals surface area contributed by atoms with Gasteiger partial charge in [0.25, 0.3) is 5.91 Å². The molecule has 0 bridgehead atoms. The number of rotatable bonds is 7. The molecule has 0 aliphatic carbocycles. The maximum Gasteiger partial charge on any atom is 0.253 e. The molecule has 0 unspecified atom stereocenters. The molecule has 182 valence electrons. The highest BCUT2D eigenvalue weighted by atomic mass is 32.2. The van der Waals surface area contributed by atoms with Crippen LogP contribution in [0.4, 0.5) is 0 Å². The Hall–Kier alpha value is -2.28. The van der Waals surface area contributed by atoms with Gasteiger partial charge in [-0.1, -0.05) is 25.1 Å². The molecule has 0 saturated carbocycles. The number of nitrogens with zero attached hydrogens (tertiary/aromatic N) is 4. The van der Waals surface area contributed by atoms with Crippen molar-refractivity contribution in [2.24, 2.45) is 0 Å². The Morgan fingerprint density at radius 1 is 1.06 bits per heavy atom. The first-order valence-electron chi connectivity index (χ1n) is 10.9. The molecule has 1 aromatic heterocycles. The van der Waals surface area contributed by atoms with Crippen LogP contribution in [0.5, 0.6) is 0 Å². The number of carbonyl (C=O) groups excluding carboxylic acids is 1. The van der Waals surface area contributed by atoms with Crippen molar-refractivity contribution in [1.29, 1.82) is 0 Å². The number of carbonyl (C=O) groups is 1. The second kappa shape index (κ2) is 9.92. The molecular formula is C21H30N4O6S2. The Morgan fingerprint density at radius 3 is 2.36 bits per heavy atom. The molecular weight excluding hydrogens is 468 g/mol. The molecule has 0 spiro atoms. The van der Waals surface area contributed by atoms with Crippen LogP contribution in [0.3, 0.4) is 0 Å². The maximum absolute atomic E-state index is 13.2. The lowest BCUT2D eigenvalue weighted by Gasteiger charge is -2.22. The average molecular weight is 499 g/mol. The van der Waals surface area contributed by atoms with E-state index < -0.39 is 20.0 Å². The molecule has 0 radical (unpaired) electrons. The number of aromatic nitrogens is 1. The molecule has 0 N–H and O–H groups in total. The second-order valence-electron chi connectivity index (χ2n) is 7.82. The SMILES string of the molecule is CCN(CC)S(=O)(=O)c1cccc(C(=O)N2CCCN(S(=O)(=O)c3c(C)noc3C)CC2)c1. The van der Waals surface area contributed by atoms with Crippen molar-refractivity contribution in [2.75, 3.05) is 39.3 Å². The fraction of sp³-hybridized carbons (Fsp3) is 0.524. The van der Waals surface area contributed by atoms with E-state index in [2.05, 4.69) is 5.16 Å². The van der Waals surface area contributed by atoms with E-state index in [1.165, 1.54) is 20.7 Å². The zero-order valence-corrected chi connectivity index (χ0v) is 20.9. The Balaban J connectivity index is 1.79. The lowest BCUT2D eigenvalue weighted by Crippen LogP contribution is -2.37. The van der Waals surface area contributed by atoms with Gasteiger partial charge in [-0.05, 0) is 38.5 Å². The van der Waals surface area contributed by atoms with Crippen LogP contribution in [-0.2, 0) is 20.0 Å². The van der Waals surface area contributed by atoms with Gasteiger partial charge in [0.1, 0.15) is 10.6 Å². The van der Waals surface area contributed by atoms with Gasteiger partial charge in [0.05, 0.1) is 4.90 Å². The molecule has 10 nitrogen and oxygen atoms in total. The van der Waals surface area contributed by atoms with E-state index in [0.717, 1.165) is 0 Å². The average Bonchev–Trinajstić information content (AvgIpc) is 2.98. The summed E-state index contributed by atoms with van der Waals surface area (Å²) in [5, 5.41) is 3.74. The van der Waals surface area contributed by atoms with Crippen LogP contribution in [-0.4, -0.2) is 80.7 Å². The van der Waals surface area contributed by atoms with Gasteiger partial charge >= 0.3 is 0 Å². The first-order valence-corrected chi connectivity index (χ1v) is 13.7. The minimum atomic E-state index is -3.80. The lowest BCUT2D eigenvalue weighted by molar-refractivity contribution is 0.0764. The van der Waals surface area contributed by atoms with Crippen LogP contribution < -0.4 is 0 Å². The zero-order chi connectivity index (χ0) is 24.4. The number of hydrogen-bond acceptors (Lipinski definition) is 7. The first-order chi connectivity index (χ1) is 15.5. The molecule has 2 heterocycles. The summed E-state index contributed by atoms with van der Waals surface area (Å²) in [5.74, 6) is -0.0981. The van der Waals surface area contributed by atoms with Crippen molar-refractivity contribution in [1.82, 2.24) is 18.7 Å². The minimum absolute atomic E-state index is 0.0643. The van der Waals surface area contributed by atoms with E-state index in [4.69, 9.17) is 4.52 Å². The fourth-order valence-electron chi connectivity index (χ4n) is 3.99. The Labute approximate surface area is 195 Å². The Bertz CT molecular complexity index is 1200. The van der Waals surface area contributed by atoms with Crippen LogP contribution in [0.25, 0.3) is 0 Å². The van der Waals surface area contributed by atoms with Crippen LogP contribution in [0.1, 0.15) is 42.1 Å². The second-order valence-corrected chi connectivity index (χ2v) is 11.6. The summed E-state index contributed by atoms with van der Waals surface area (Å²) in [6, 6.07) is 5.99. The molecule has 3 rings (SSSR count). The summed E-state index contributed by atoms with van der Waals surface area (Å²) in [5.41, 5.74) is 0.557. The van der Waals surface area contributed by atoms with Gasteiger partial charge in [0, 0.05) is 44.8 Å². The highest BCUT2D eigenvalue weighted by molar-refractivity contribution is 7.89. The maximum atomic E-state index is 13.2. The molecule has 0 atom stereocenters. The molecule has 2 aromatic rings. The number of benzene rings is 1. The number of amides is 1. The van der Waals surface area contributed by atoms with Crippen molar-refractivity contribution >= 4 is 26.0 Å². The van der Waals surface area contributed by atoms with E-state index >= 15 is 0 Å². The van der Waals surface area contributed by atoms with Crippen molar-refractivity contribution in [2.45, 2.75) is 43.9 Å². The molecule has 12 heteroatoms. The van der Waals surface area contributed by atoms with Gasteiger partial charge in [-0.2, -0.15) is 8.61 Å². The third-order valence-electron chi connectivity index (χ3n) is 5.73. The summed E-state index contributed by atoms with van der Waals surface area (Å²) in [6.45, 7) is 8.24. The molecule has 33 heavy (non-hydrogen) atoms. The van der Waals surface area contributed by atoms with Gasteiger partial charge in [-0.15, -0.1) is 0 Å². The molecule has 1 amide bonds. The predicted molar refractivity (Wildman–Crippen MR) is 122 cm³/mol. The van der Waals surface area contributed by atoms with Crippen molar-refractivity contribution in [3.05, 3.63) is 41.3 Å². The fourth-order valence-corrected chi connectivity index (χ4v) is 7.26. The third kappa shape index (κ3) is 4.98. The van der Waals surface area contributed by atoms with E-state index in [1.54, 1.807) is 44.7 Å². The topological polar surface area (TPSA) is 121 Å². The van der Waals surface area contributed by atoms with Gasteiger partial charge in [-0.3, -0.25) is 4.79 Å². The summed E-state index contributed by atoms with van der Waals surface area (Å²) in [7, 11) is -7.50. The zero-order valence-electron chi connectivity index (χ0n) is 19.3. The molecule has 1 aliphatic heterocycles. The van der Waals surface area contributed by atoms with Gasteiger partial charge in [-0.25, -0.2) is 16.8 Å². The van der Waals surface area contributed by atoms with E-state index in [-0.39, 0.29) is 46.7 Å². The van der Waals surface area contributed by atoms with Crippen molar-refractivity contribution < 1.29 is 26.2 Å². The van der Waals surface area contributed by atoms with Crippen molar-refractivity contribution in [3.63, 3.8) is 0 Å². The Morgan fingerprint density at radius 2 is 1.76 bits per heavy atom. The quantitative estimate of drug-likeness (QED) is 0.571. The molecule has 1 aromatic carbocycles. The largest absolute Gasteiger partial charge is 0.360 e. The highest BCUT2D eigenvalue weighted by Crippen LogP contribution is 2.25. The summed E-state index contributed by atoms with van der Waals surface area (Å²) in [6.07, 6.45) is 0.450. The molecule has 1 aliphatic rings. The van der Waals surface area contributed by atoms with Crippen molar-refractivity contribution in [3.8, 4) is 0 Å².